The zero-order valence-corrected chi connectivity index (χ0v) is 20.5. The largest absolute Gasteiger partial charge is 0.444 e. The quantitative estimate of drug-likeness (QED) is 0.670. The van der Waals surface area contributed by atoms with E-state index in [1.165, 1.54) is 6.07 Å². The number of carbonyl (C=O) groups excluding carboxylic acids is 1. The molecule has 3 rings (SSSR count). The Balaban J connectivity index is 1.88. The molecule has 33 heavy (non-hydrogen) atoms. The highest BCUT2D eigenvalue weighted by molar-refractivity contribution is 6.16. The summed E-state index contributed by atoms with van der Waals surface area (Å²) < 4.78 is 20.2. The van der Waals surface area contributed by atoms with Gasteiger partial charge >= 0.3 is 6.09 Å². The Hall–Kier alpha value is -3.09. The molecule has 0 aliphatic carbocycles. The molecule has 1 aromatic rings. The summed E-state index contributed by atoms with van der Waals surface area (Å²) in [6, 6.07) is 6.73. The maximum absolute atomic E-state index is 14.7. The van der Waals surface area contributed by atoms with Crippen LogP contribution in [-0.4, -0.2) is 53.0 Å². The van der Waals surface area contributed by atoms with Gasteiger partial charge in [-0.25, -0.2) is 14.2 Å². The van der Waals surface area contributed by atoms with Crippen molar-refractivity contribution < 1.29 is 13.9 Å². The van der Waals surface area contributed by atoms with Crippen LogP contribution in [0.3, 0.4) is 0 Å². The molecule has 0 aromatic heterocycles. The zero-order chi connectivity index (χ0) is 24.2. The van der Waals surface area contributed by atoms with Crippen molar-refractivity contribution in [2.24, 2.45) is 4.99 Å². The number of amidine groups is 1. The van der Waals surface area contributed by atoms with Crippen molar-refractivity contribution in [1.82, 2.24) is 15.1 Å². The SMILES string of the molecule is CC/C=C/NC1=NC=C(c2ccccc2F)/C1=C(/C)N1CCN(C(=O)OC(C)(C)C)C(C)C1. The minimum absolute atomic E-state index is 0.0280. The van der Waals surface area contributed by atoms with Gasteiger partial charge in [0.05, 0.1) is 0 Å². The van der Waals surface area contributed by atoms with Crippen molar-refractivity contribution in [2.75, 3.05) is 19.6 Å². The molecule has 1 aromatic carbocycles. The number of halogens is 1. The van der Waals surface area contributed by atoms with Gasteiger partial charge in [0.2, 0.25) is 0 Å². The molecule has 1 atom stereocenters. The van der Waals surface area contributed by atoms with E-state index >= 15 is 0 Å². The first-order valence-corrected chi connectivity index (χ1v) is 11.5. The van der Waals surface area contributed by atoms with E-state index in [0.717, 1.165) is 23.3 Å². The Morgan fingerprint density at radius 1 is 1.30 bits per heavy atom. The number of nitrogens with zero attached hydrogens (tertiary/aromatic N) is 3. The molecule has 2 aliphatic heterocycles. The molecule has 1 saturated heterocycles. The normalized spacial score (nSPS) is 20.6. The number of hydrogen-bond donors (Lipinski definition) is 1. The summed E-state index contributed by atoms with van der Waals surface area (Å²) >= 11 is 0. The summed E-state index contributed by atoms with van der Waals surface area (Å²) in [6.45, 7) is 13.6. The molecule has 1 unspecified atom stereocenters. The second-order valence-corrected chi connectivity index (χ2v) is 9.38. The van der Waals surface area contributed by atoms with Crippen molar-refractivity contribution in [2.45, 2.75) is 59.6 Å². The maximum Gasteiger partial charge on any atom is 0.410 e. The van der Waals surface area contributed by atoms with Gasteiger partial charge in [0.25, 0.3) is 0 Å². The van der Waals surface area contributed by atoms with E-state index in [9.17, 15) is 9.18 Å². The lowest BCUT2D eigenvalue weighted by Crippen LogP contribution is -2.54. The number of carbonyl (C=O) groups is 1. The van der Waals surface area contributed by atoms with Crippen molar-refractivity contribution in [1.29, 1.82) is 0 Å². The van der Waals surface area contributed by atoms with Crippen LogP contribution in [0.5, 0.6) is 0 Å². The monoisotopic (exact) mass is 454 g/mol. The lowest BCUT2D eigenvalue weighted by Gasteiger charge is -2.42. The third kappa shape index (κ3) is 5.83. The van der Waals surface area contributed by atoms with Crippen LogP contribution in [0.1, 0.15) is 53.5 Å². The van der Waals surface area contributed by atoms with Crippen LogP contribution in [0, 0.1) is 5.82 Å². The fraction of sp³-hybridized carbons (Fsp3) is 0.462. The first-order valence-electron chi connectivity index (χ1n) is 11.5. The van der Waals surface area contributed by atoms with Gasteiger partial charge in [-0.2, -0.15) is 0 Å². The predicted molar refractivity (Wildman–Crippen MR) is 131 cm³/mol. The van der Waals surface area contributed by atoms with E-state index in [0.29, 0.717) is 31.0 Å². The highest BCUT2D eigenvalue weighted by Gasteiger charge is 2.33. The van der Waals surface area contributed by atoms with Crippen LogP contribution >= 0.6 is 0 Å². The number of nitrogens with one attached hydrogen (secondary N) is 1. The first kappa shape index (κ1) is 24.6. The van der Waals surface area contributed by atoms with Gasteiger partial charge in [0, 0.05) is 54.3 Å². The molecule has 7 heteroatoms. The molecule has 0 radical (unpaired) electrons. The Morgan fingerprint density at radius 2 is 2.03 bits per heavy atom. The van der Waals surface area contributed by atoms with Gasteiger partial charge in [-0.15, -0.1) is 0 Å². The fourth-order valence-corrected chi connectivity index (χ4v) is 4.01. The number of hydrogen-bond acceptors (Lipinski definition) is 5. The third-order valence-corrected chi connectivity index (χ3v) is 5.66. The van der Waals surface area contributed by atoms with Crippen molar-refractivity contribution >= 4 is 17.5 Å². The molecule has 2 aliphatic rings. The minimum atomic E-state index is -0.530. The van der Waals surface area contributed by atoms with E-state index in [4.69, 9.17) is 4.74 Å². The zero-order valence-electron chi connectivity index (χ0n) is 20.5. The number of benzene rings is 1. The summed E-state index contributed by atoms with van der Waals surface area (Å²) in [4.78, 5) is 21.2. The second-order valence-electron chi connectivity index (χ2n) is 9.38. The smallest absolute Gasteiger partial charge is 0.410 e. The van der Waals surface area contributed by atoms with Gasteiger partial charge in [-0.05, 0) is 53.3 Å². The van der Waals surface area contributed by atoms with Crippen molar-refractivity contribution in [3.05, 3.63) is 65.4 Å². The molecule has 0 saturated carbocycles. The van der Waals surface area contributed by atoms with E-state index in [2.05, 4.69) is 22.1 Å². The number of aliphatic imine (C=N–C) groups is 1. The fourth-order valence-electron chi connectivity index (χ4n) is 4.01. The summed E-state index contributed by atoms with van der Waals surface area (Å²) in [7, 11) is 0. The van der Waals surface area contributed by atoms with Gasteiger partial charge < -0.3 is 19.9 Å². The average Bonchev–Trinajstić information content (AvgIpc) is 3.16. The molecule has 6 nitrogen and oxygen atoms in total. The molecule has 1 fully saturated rings. The summed E-state index contributed by atoms with van der Waals surface area (Å²) in [5, 5.41) is 3.26. The maximum atomic E-state index is 14.7. The van der Waals surface area contributed by atoms with Gasteiger partial charge in [0.1, 0.15) is 17.3 Å². The number of ether oxygens (including phenoxy) is 1. The molecule has 178 valence electrons. The number of piperazine rings is 1. The highest BCUT2D eigenvalue weighted by atomic mass is 19.1. The molecule has 2 heterocycles. The van der Waals surface area contributed by atoms with E-state index in [1.807, 2.05) is 53.0 Å². The summed E-state index contributed by atoms with van der Waals surface area (Å²) in [5.41, 5.74) is 2.61. The van der Waals surface area contributed by atoms with Crippen LogP contribution in [0.15, 0.2) is 59.0 Å². The van der Waals surface area contributed by atoms with E-state index in [1.54, 1.807) is 23.2 Å². The summed E-state index contributed by atoms with van der Waals surface area (Å²) in [6.07, 6.45) is 6.21. The Labute approximate surface area is 196 Å². The predicted octanol–water partition coefficient (Wildman–Crippen LogP) is 5.31. The van der Waals surface area contributed by atoms with Crippen LogP contribution in [-0.2, 0) is 4.74 Å². The number of allylic oxidation sites excluding steroid dienone is 2. The number of amides is 1. The topological polar surface area (TPSA) is 57.2 Å². The van der Waals surface area contributed by atoms with Crippen LogP contribution < -0.4 is 5.32 Å². The average molecular weight is 455 g/mol. The van der Waals surface area contributed by atoms with Gasteiger partial charge in [-0.3, -0.25) is 0 Å². The minimum Gasteiger partial charge on any atom is -0.444 e. The Kier molecular flexibility index (Phi) is 7.61. The Bertz CT molecular complexity index is 1000. The van der Waals surface area contributed by atoms with E-state index < -0.39 is 5.60 Å². The van der Waals surface area contributed by atoms with Crippen LogP contribution in [0.4, 0.5) is 9.18 Å². The van der Waals surface area contributed by atoms with Crippen LogP contribution in [0.2, 0.25) is 0 Å². The van der Waals surface area contributed by atoms with Crippen LogP contribution in [0.25, 0.3) is 5.57 Å². The molecule has 1 N–H and O–H groups in total. The standard InChI is InChI=1S/C26H35FN4O2/c1-7-8-13-28-24-23(21(16-29-24)20-11-9-10-12-22(20)27)19(3)30-14-15-31(18(2)17-30)25(32)33-26(4,5)6/h8-13,16,18H,7,14-15,17H2,1-6H3,(H,28,29)/b13-8+,23-19+. The molecule has 0 spiro atoms. The van der Waals surface area contributed by atoms with Crippen molar-refractivity contribution in [3.63, 3.8) is 0 Å². The molecular weight excluding hydrogens is 419 g/mol. The highest BCUT2D eigenvalue weighted by Crippen LogP contribution is 2.34. The molecule has 1 amide bonds. The lowest BCUT2D eigenvalue weighted by atomic mass is 9.96. The van der Waals surface area contributed by atoms with Gasteiger partial charge in [0.15, 0.2) is 0 Å². The lowest BCUT2D eigenvalue weighted by molar-refractivity contribution is 0.00496. The Morgan fingerprint density at radius 3 is 2.67 bits per heavy atom. The van der Waals surface area contributed by atoms with Crippen molar-refractivity contribution in [3.8, 4) is 0 Å². The molecular formula is C26H35FN4O2. The van der Waals surface area contributed by atoms with E-state index in [-0.39, 0.29) is 18.0 Å². The number of rotatable bonds is 4. The molecule has 0 bridgehead atoms. The van der Waals surface area contributed by atoms with Gasteiger partial charge in [-0.1, -0.05) is 31.2 Å². The second kappa shape index (κ2) is 10.2. The third-order valence-electron chi connectivity index (χ3n) is 5.66. The first-order chi connectivity index (χ1) is 15.6. The summed E-state index contributed by atoms with van der Waals surface area (Å²) in [5.74, 6) is 0.412.